The molecule has 0 saturated carbocycles. The Labute approximate surface area is 103 Å². The maximum Gasteiger partial charge on any atom is 0.150 e. The molecule has 0 saturated heterocycles. The molecule has 80 valence electrons. The average Bonchev–Trinajstić information content (AvgIpc) is 2.30. The molecule has 0 unspecified atom stereocenters. The first kappa shape index (κ1) is 11.1. The Morgan fingerprint density at radius 1 is 1.06 bits per heavy atom. The lowest BCUT2D eigenvalue weighted by atomic mass is 10.00. The number of halogens is 1. The van der Waals surface area contributed by atoms with Crippen molar-refractivity contribution in [3.05, 3.63) is 58.1 Å². The normalized spacial score (nSPS) is 10.1. The molecule has 16 heavy (non-hydrogen) atoms. The zero-order valence-electron chi connectivity index (χ0n) is 8.91. The Morgan fingerprint density at radius 2 is 1.75 bits per heavy atom. The highest BCUT2D eigenvalue weighted by molar-refractivity contribution is 9.10. The Balaban J connectivity index is 2.55. The van der Waals surface area contributed by atoms with Gasteiger partial charge in [-0.25, -0.2) is 0 Å². The van der Waals surface area contributed by atoms with Gasteiger partial charge in [0.15, 0.2) is 6.29 Å². The first-order valence-corrected chi connectivity index (χ1v) is 5.82. The van der Waals surface area contributed by atoms with E-state index in [1.807, 2.05) is 49.4 Å². The molecule has 0 heterocycles. The van der Waals surface area contributed by atoms with Crippen LogP contribution >= 0.6 is 15.9 Å². The van der Waals surface area contributed by atoms with Gasteiger partial charge in [0.05, 0.1) is 0 Å². The smallest absolute Gasteiger partial charge is 0.150 e. The lowest BCUT2D eigenvalue weighted by molar-refractivity contribution is 0.112. The van der Waals surface area contributed by atoms with E-state index in [0.29, 0.717) is 5.56 Å². The minimum Gasteiger partial charge on any atom is -0.298 e. The highest BCUT2D eigenvalue weighted by Crippen LogP contribution is 2.25. The van der Waals surface area contributed by atoms with Crippen molar-refractivity contribution in [2.24, 2.45) is 0 Å². The highest BCUT2D eigenvalue weighted by atomic mass is 79.9. The van der Waals surface area contributed by atoms with Crippen LogP contribution in [-0.4, -0.2) is 6.29 Å². The van der Waals surface area contributed by atoms with Crippen molar-refractivity contribution in [3.8, 4) is 11.1 Å². The molecule has 0 radical (unpaired) electrons. The lowest BCUT2D eigenvalue weighted by Gasteiger charge is -2.06. The molecule has 0 aliphatic rings. The van der Waals surface area contributed by atoms with Crippen LogP contribution in [0, 0.1) is 6.92 Å². The molecule has 0 spiro atoms. The van der Waals surface area contributed by atoms with Gasteiger partial charge in [0, 0.05) is 10.0 Å². The van der Waals surface area contributed by atoms with Gasteiger partial charge in [-0.3, -0.25) is 4.79 Å². The number of benzene rings is 2. The van der Waals surface area contributed by atoms with Gasteiger partial charge in [0.25, 0.3) is 0 Å². The number of carbonyl (C=O) groups is 1. The zero-order chi connectivity index (χ0) is 11.5. The summed E-state index contributed by atoms with van der Waals surface area (Å²) in [5.41, 5.74) is 3.96. The van der Waals surface area contributed by atoms with Crippen molar-refractivity contribution >= 4 is 22.2 Å². The predicted octanol–water partition coefficient (Wildman–Crippen LogP) is 4.24. The quantitative estimate of drug-likeness (QED) is 0.749. The molecule has 2 aromatic carbocycles. The molecule has 2 aromatic rings. The van der Waals surface area contributed by atoms with Gasteiger partial charge in [-0.2, -0.15) is 0 Å². The van der Waals surface area contributed by atoms with E-state index in [1.165, 1.54) is 5.56 Å². The summed E-state index contributed by atoms with van der Waals surface area (Å²) in [7, 11) is 0. The molecule has 2 heteroatoms. The third-order valence-corrected chi connectivity index (χ3v) is 3.00. The van der Waals surface area contributed by atoms with Crippen molar-refractivity contribution in [2.75, 3.05) is 0 Å². The number of rotatable bonds is 2. The number of hydrogen-bond donors (Lipinski definition) is 0. The summed E-state index contributed by atoms with van der Waals surface area (Å²) in [6.07, 6.45) is 0.889. The van der Waals surface area contributed by atoms with Crippen LogP contribution in [0.2, 0.25) is 0 Å². The lowest BCUT2D eigenvalue weighted by Crippen LogP contribution is -1.87. The van der Waals surface area contributed by atoms with Gasteiger partial charge in [-0.1, -0.05) is 51.8 Å². The summed E-state index contributed by atoms with van der Waals surface area (Å²) in [6, 6.07) is 13.9. The standard InChI is InChI=1S/C14H11BrO/c1-10-2-4-11(5-3-10)14-7-6-13(15)8-12(14)9-16/h2-9H,1H3. The van der Waals surface area contributed by atoms with Crippen LogP contribution in [0.5, 0.6) is 0 Å². The predicted molar refractivity (Wildman–Crippen MR) is 69.7 cm³/mol. The summed E-state index contributed by atoms with van der Waals surface area (Å²) in [5.74, 6) is 0. The van der Waals surface area contributed by atoms with Crippen molar-refractivity contribution in [2.45, 2.75) is 6.92 Å². The van der Waals surface area contributed by atoms with E-state index in [1.54, 1.807) is 0 Å². The molecule has 0 fully saturated rings. The third kappa shape index (κ3) is 2.22. The summed E-state index contributed by atoms with van der Waals surface area (Å²) >= 11 is 3.36. The molecule has 0 atom stereocenters. The van der Waals surface area contributed by atoms with Gasteiger partial charge >= 0.3 is 0 Å². The fraction of sp³-hybridized carbons (Fsp3) is 0.0714. The number of carbonyl (C=O) groups excluding carboxylic acids is 1. The molecular weight excluding hydrogens is 264 g/mol. The molecule has 0 aliphatic heterocycles. The Morgan fingerprint density at radius 3 is 2.38 bits per heavy atom. The zero-order valence-corrected chi connectivity index (χ0v) is 10.5. The van der Waals surface area contributed by atoms with Crippen molar-refractivity contribution in [1.82, 2.24) is 0 Å². The minimum atomic E-state index is 0.707. The summed E-state index contributed by atoms with van der Waals surface area (Å²) in [6.45, 7) is 2.05. The van der Waals surface area contributed by atoms with Crippen LogP contribution in [0.1, 0.15) is 15.9 Å². The molecule has 0 N–H and O–H groups in total. The monoisotopic (exact) mass is 274 g/mol. The number of hydrogen-bond acceptors (Lipinski definition) is 1. The second-order valence-electron chi connectivity index (χ2n) is 3.72. The largest absolute Gasteiger partial charge is 0.298 e. The fourth-order valence-corrected chi connectivity index (χ4v) is 2.01. The molecule has 2 rings (SSSR count). The van der Waals surface area contributed by atoms with Crippen molar-refractivity contribution in [1.29, 1.82) is 0 Å². The van der Waals surface area contributed by atoms with Crippen LogP contribution in [0.4, 0.5) is 0 Å². The molecule has 0 amide bonds. The highest BCUT2D eigenvalue weighted by Gasteiger charge is 2.04. The second kappa shape index (κ2) is 4.62. The van der Waals surface area contributed by atoms with Crippen molar-refractivity contribution < 1.29 is 4.79 Å². The van der Waals surface area contributed by atoms with E-state index in [-0.39, 0.29) is 0 Å². The molecule has 1 nitrogen and oxygen atoms in total. The number of aryl methyl sites for hydroxylation is 1. The molecule has 0 aromatic heterocycles. The van der Waals surface area contributed by atoms with Crippen LogP contribution in [0.3, 0.4) is 0 Å². The Kier molecular flexibility index (Phi) is 3.20. The van der Waals surface area contributed by atoms with E-state index in [9.17, 15) is 4.79 Å². The topological polar surface area (TPSA) is 17.1 Å². The summed E-state index contributed by atoms with van der Waals surface area (Å²) in [5, 5.41) is 0. The fourth-order valence-electron chi connectivity index (χ4n) is 1.63. The van der Waals surface area contributed by atoms with E-state index in [4.69, 9.17) is 0 Å². The molecule has 0 aliphatic carbocycles. The minimum absolute atomic E-state index is 0.707. The van der Waals surface area contributed by atoms with E-state index >= 15 is 0 Å². The first-order valence-electron chi connectivity index (χ1n) is 5.02. The van der Waals surface area contributed by atoms with Crippen LogP contribution in [0.15, 0.2) is 46.9 Å². The van der Waals surface area contributed by atoms with E-state index in [0.717, 1.165) is 21.9 Å². The summed E-state index contributed by atoms with van der Waals surface area (Å²) < 4.78 is 0.922. The first-order chi connectivity index (χ1) is 7.70. The maximum atomic E-state index is 11.0. The average molecular weight is 275 g/mol. The van der Waals surface area contributed by atoms with Gasteiger partial charge in [0.1, 0.15) is 0 Å². The van der Waals surface area contributed by atoms with Gasteiger partial charge < -0.3 is 0 Å². The maximum absolute atomic E-state index is 11.0. The Bertz CT molecular complexity index is 515. The van der Waals surface area contributed by atoms with Crippen LogP contribution in [-0.2, 0) is 0 Å². The SMILES string of the molecule is Cc1ccc(-c2ccc(Br)cc2C=O)cc1. The summed E-state index contributed by atoms with van der Waals surface area (Å²) in [4.78, 5) is 11.0. The number of aldehydes is 1. The Hall–Kier alpha value is -1.41. The van der Waals surface area contributed by atoms with Gasteiger partial charge in [0.2, 0.25) is 0 Å². The van der Waals surface area contributed by atoms with Crippen LogP contribution in [0.25, 0.3) is 11.1 Å². The second-order valence-corrected chi connectivity index (χ2v) is 4.63. The van der Waals surface area contributed by atoms with E-state index in [2.05, 4.69) is 15.9 Å². The van der Waals surface area contributed by atoms with E-state index < -0.39 is 0 Å². The molecule has 0 bridgehead atoms. The van der Waals surface area contributed by atoms with Crippen molar-refractivity contribution in [3.63, 3.8) is 0 Å². The van der Waals surface area contributed by atoms with Gasteiger partial charge in [-0.05, 0) is 30.2 Å². The third-order valence-electron chi connectivity index (χ3n) is 2.50. The molecular formula is C14H11BrO. The van der Waals surface area contributed by atoms with Gasteiger partial charge in [-0.15, -0.1) is 0 Å². The van der Waals surface area contributed by atoms with Crippen LogP contribution < -0.4 is 0 Å².